The maximum Gasteiger partial charge on any atom is -0.0438 e. The molecule has 0 aliphatic rings. The zero-order valence-electron chi connectivity index (χ0n) is 15.7. The normalized spacial score (nSPS) is 18.3. The molecule has 0 amide bonds. The van der Waals surface area contributed by atoms with Crippen molar-refractivity contribution in [3.63, 3.8) is 0 Å². The first-order valence-corrected chi connectivity index (χ1v) is 9.20. The molecular formula is C20H42. The first-order chi connectivity index (χ1) is 9.20. The Morgan fingerprint density at radius 2 is 0.700 bits per heavy atom. The highest BCUT2D eigenvalue weighted by molar-refractivity contribution is 4.66. The Kier molecular flexibility index (Phi) is 10.7. The summed E-state index contributed by atoms with van der Waals surface area (Å²) >= 11 is 0. The summed E-state index contributed by atoms with van der Waals surface area (Å²) in [6, 6.07) is 0. The van der Waals surface area contributed by atoms with Gasteiger partial charge in [-0.2, -0.15) is 0 Å². The molecule has 0 spiro atoms. The molecule has 0 radical (unpaired) electrons. The highest BCUT2D eigenvalue weighted by atomic mass is 14.2. The Hall–Kier alpha value is 0. The van der Waals surface area contributed by atoms with E-state index in [0.717, 1.165) is 35.5 Å². The van der Waals surface area contributed by atoms with Gasteiger partial charge in [0.25, 0.3) is 0 Å². The molecule has 0 rings (SSSR count). The molecule has 0 saturated carbocycles. The molecule has 0 aromatic rings. The molecule has 0 aromatic heterocycles. The van der Waals surface area contributed by atoms with Crippen molar-refractivity contribution in [2.24, 2.45) is 35.5 Å². The number of hydrogen-bond acceptors (Lipinski definition) is 0. The van der Waals surface area contributed by atoms with Crippen LogP contribution < -0.4 is 0 Å². The summed E-state index contributed by atoms with van der Waals surface area (Å²) in [6.45, 7) is 19.2. The fraction of sp³-hybridized carbons (Fsp3) is 1.00. The van der Waals surface area contributed by atoms with Gasteiger partial charge < -0.3 is 0 Å². The molecule has 0 aromatic carbocycles. The van der Waals surface area contributed by atoms with Crippen molar-refractivity contribution in [2.45, 2.75) is 93.9 Å². The Morgan fingerprint density at radius 3 is 0.950 bits per heavy atom. The van der Waals surface area contributed by atoms with Crippen LogP contribution >= 0.6 is 0 Å². The molecular weight excluding hydrogens is 240 g/mol. The fourth-order valence-electron chi connectivity index (χ4n) is 3.98. The molecule has 0 heterocycles. The van der Waals surface area contributed by atoms with E-state index < -0.39 is 0 Å². The van der Waals surface area contributed by atoms with Crippen LogP contribution in [-0.2, 0) is 0 Å². The predicted octanol–water partition coefficient (Wildman–Crippen LogP) is 7.18. The lowest BCUT2D eigenvalue weighted by Crippen LogP contribution is -2.10. The van der Waals surface area contributed by atoms with E-state index in [1.807, 2.05) is 0 Å². The van der Waals surface area contributed by atoms with Crippen LogP contribution in [0.1, 0.15) is 93.9 Å². The van der Waals surface area contributed by atoms with Gasteiger partial charge in [0.2, 0.25) is 0 Å². The van der Waals surface area contributed by atoms with E-state index in [0.29, 0.717) is 0 Å². The van der Waals surface area contributed by atoms with Crippen molar-refractivity contribution < 1.29 is 0 Å². The summed E-state index contributed by atoms with van der Waals surface area (Å²) in [5, 5.41) is 0. The van der Waals surface area contributed by atoms with Gasteiger partial charge in [-0.25, -0.2) is 0 Å². The van der Waals surface area contributed by atoms with E-state index in [-0.39, 0.29) is 0 Å². The van der Waals surface area contributed by atoms with Gasteiger partial charge in [-0.3, -0.25) is 0 Å². The molecule has 0 fully saturated rings. The molecule has 0 aliphatic carbocycles. The van der Waals surface area contributed by atoms with Crippen LogP contribution in [0.3, 0.4) is 0 Å². The van der Waals surface area contributed by atoms with Crippen LogP contribution in [0.2, 0.25) is 0 Å². The maximum atomic E-state index is 2.46. The van der Waals surface area contributed by atoms with Crippen molar-refractivity contribution >= 4 is 0 Å². The smallest absolute Gasteiger partial charge is 0.0438 e. The van der Waals surface area contributed by atoms with Crippen molar-refractivity contribution in [2.75, 3.05) is 0 Å². The average molecular weight is 283 g/mol. The topological polar surface area (TPSA) is 0 Å². The third-order valence-electron chi connectivity index (χ3n) is 4.51. The Balaban J connectivity index is 3.79. The van der Waals surface area contributed by atoms with E-state index in [9.17, 15) is 0 Å². The number of rotatable bonds is 11. The minimum atomic E-state index is 0.855. The summed E-state index contributed by atoms with van der Waals surface area (Å²) in [7, 11) is 0. The molecule has 0 N–H and O–H groups in total. The second kappa shape index (κ2) is 10.7. The standard InChI is InChI=1S/C20H42/c1-15(2)11-19(7)13-17(5)9-10-18(6)14-20(8)12-16(3)4/h15-20H,9-14H2,1-8H3. The second-order valence-electron chi connectivity index (χ2n) is 8.73. The summed E-state index contributed by atoms with van der Waals surface area (Å²) in [6.07, 6.45) is 8.49. The van der Waals surface area contributed by atoms with Crippen molar-refractivity contribution in [1.82, 2.24) is 0 Å². The lowest BCUT2D eigenvalue weighted by Gasteiger charge is -2.22. The van der Waals surface area contributed by atoms with Gasteiger partial charge in [0.05, 0.1) is 0 Å². The maximum absolute atomic E-state index is 2.46. The lowest BCUT2D eigenvalue weighted by molar-refractivity contribution is 0.298. The van der Waals surface area contributed by atoms with Crippen molar-refractivity contribution in [3.05, 3.63) is 0 Å². The summed E-state index contributed by atoms with van der Waals surface area (Å²) in [4.78, 5) is 0. The molecule has 0 nitrogen and oxygen atoms in total. The number of hydrogen-bond donors (Lipinski definition) is 0. The fourth-order valence-corrected chi connectivity index (χ4v) is 3.98. The highest BCUT2D eigenvalue weighted by Gasteiger charge is 2.14. The SMILES string of the molecule is CC(C)CC(C)CC(C)CCC(C)CC(C)CC(C)C. The molecule has 0 aliphatic heterocycles. The zero-order chi connectivity index (χ0) is 15.7. The van der Waals surface area contributed by atoms with Gasteiger partial charge in [0, 0.05) is 0 Å². The predicted molar refractivity (Wildman–Crippen MR) is 94.0 cm³/mol. The largest absolute Gasteiger partial charge is 0.0628 e. The lowest BCUT2D eigenvalue weighted by atomic mass is 9.84. The van der Waals surface area contributed by atoms with E-state index in [2.05, 4.69) is 55.4 Å². The van der Waals surface area contributed by atoms with Gasteiger partial charge in [-0.15, -0.1) is 0 Å². The second-order valence-corrected chi connectivity index (χ2v) is 8.73. The first kappa shape index (κ1) is 20.0. The summed E-state index contributed by atoms with van der Waals surface area (Å²) < 4.78 is 0. The monoisotopic (exact) mass is 282 g/mol. The molecule has 0 bridgehead atoms. The summed E-state index contributed by atoms with van der Waals surface area (Å²) in [5.41, 5.74) is 0. The quantitative estimate of drug-likeness (QED) is 0.376. The molecule has 20 heavy (non-hydrogen) atoms. The van der Waals surface area contributed by atoms with Crippen LogP contribution in [0.15, 0.2) is 0 Å². The third kappa shape index (κ3) is 11.8. The van der Waals surface area contributed by atoms with Crippen molar-refractivity contribution in [3.8, 4) is 0 Å². The van der Waals surface area contributed by atoms with E-state index in [1.54, 1.807) is 0 Å². The van der Waals surface area contributed by atoms with Crippen molar-refractivity contribution in [1.29, 1.82) is 0 Å². The first-order valence-electron chi connectivity index (χ1n) is 9.20. The zero-order valence-corrected chi connectivity index (χ0v) is 15.7. The Labute approximate surface area is 130 Å². The van der Waals surface area contributed by atoms with Gasteiger partial charge >= 0.3 is 0 Å². The summed E-state index contributed by atoms with van der Waals surface area (Å²) in [5.74, 6) is 5.33. The van der Waals surface area contributed by atoms with Gasteiger partial charge in [0.15, 0.2) is 0 Å². The van der Waals surface area contributed by atoms with Crippen LogP contribution in [0, 0.1) is 35.5 Å². The third-order valence-corrected chi connectivity index (χ3v) is 4.51. The van der Waals surface area contributed by atoms with Crippen LogP contribution in [0.4, 0.5) is 0 Å². The molecule has 0 heteroatoms. The van der Waals surface area contributed by atoms with Gasteiger partial charge in [-0.05, 0) is 61.2 Å². The molecule has 0 saturated heterocycles. The van der Waals surface area contributed by atoms with E-state index in [1.165, 1.54) is 38.5 Å². The van der Waals surface area contributed by atoms with Gasteiger partial charge in [0.1, 0.15) is 0 Å². The van der Waals surface area contributed by atoms with Crippen LogP contribution in [0.25, 0.3) is 0 Å². The van der Waals surface area contributed by atoms with Crippen LogP contribution in [-0.4, -0.2) is 0 Å². The molecule has 4 unspecified atom stereocenters. The molecule has 4 atom stereocenters. The van der Waals surface area contributed by atoms with E-state index >= 15 is 0 Å². The minimum Gasteiger partial charge on any atom is -0.0628 e. The van der Waals surface area contributed by atoms with Gasteiger partial charge in [-0.1, -0.05) is 68.2 Å². The van der Waals surface area contributed by atoms with E-state index in [4.69, 9.17) is 0 Å². The molecule has 122 valence electrons. The highest BCUT2D eigenvalue weighted by Crippen LogP contribution is 2.27. The Morgan fingerprint density at radius 1 is 0.400 bits per heavy atom. The van der Waals surface area contributed by atoms with Crippen LogP contribution in [0.5, 0.6) is 0 Å². The average Bonchev–Trinajstić information content (AvgIpc) is 2.23. The Bertz CT molecular complexity index is 192. The minimum absolute atomic E-state index is 0.855.